The van der Waals surface area contributed by atoms with Crippen LogP contribution in [-0.4, -0.2) is 70.3 Å². The molecule has 0 saturated heterocycles. The van der Waals surface area contributed by atoms with Crippen molar-refractivity contribution in [2.75, 3.05) is 28.3 Å². The second-order valence-corrected chi connectivity index (χ2v) is 8.55. The van der Waals surface area contributed by atoms with Crippen molar-refractivity contribution < 1.29 is 29.3 Å². The van der Waals surface area contributed by atoms with Gasteiger partial charge in [0.1, 0.15) is 27.4 Å². The zero-order valence-electron chi connectivity index (χ0n) is 20.7. The van der Waals surface area contributed by atoms with Crippen LogP contribution in [0.2, 0.25) is 0 Å². The van der Waals surface area contributed by atoms with Crippen molar-refractivity contribution >= 4 is 46.2 Å². The number of ether oxygens (including phenoxy) is 2. The fourth-order valence-corrected chi connectivity index (χ4v) is 3.59. The van der Waals surface area contributed by atoms with E-state index in [1.807, 2.05) is 0 Å². The summed E-state index contributed by atoms with van der Waals surface area (Å²) in [7, 11) is 6.07. The van der Waals surface area contributed by atoms with Gasteiger partial charge in [-0.3, -0.25) is 30.5 Å². The summed E-state index contributed by atoms with van der Waals surface area (Å²) in [5.41, 5.74) is 7.37. The number of nitrogens with zero attached hydrogens (tertiary/aromatic N) is 2. The summed E-state index contributed by atoms with van der Waals surface area (Å²) in [4.78, 5) is 26.0. The highest BCUT2D eigenvalue weighted by Crippen LogP contribution is 2.22. The molecule has 2 aromatic carbocycles. The molecule has 4 N–H and O–H groups in total. The fourth-order valence-electron chi connectivity index (χ4n) is 3.15. The standard InChI is InChI=1S/C24H30N4O6S2/c1-14(21(31)25-27(2)23(35)18-11-17(33-4)8-7-16(18)13-30)22(32)26-28(3)24(36)19-10-15(12-29)6-9-20(19)34-5/h6-11,14,29-30H,12-13H2,1-5H3,(H,25,31)(H,26,32). The van der Waals surface area contributed by atoms with Crippen LogP contribution in [0.4, 0.5) is 0 Å². The minimum atomic E-state index is -1.10. The summed E-state index contributed by atoms with van der Waals surface area (Å²) in [5, 5.41) is 21.7. The lowest BCUT2D eigenvalue weighted by molar-refractivity contribution is -0.137. The van der Waals surface area contributed by atoms with Gasteiger partial charge in [0.15, 0.2) is 0 Å². The average Bonchev–Trinajstić information content (AvgIpc) is 2.90. The Morgan fingerprint density at radius 3 is 1.97 bits per heavy atom. The van der Waals surface area contributed by atoms with Gasteiger partial charge in [0.2, 0.25) is 0 Å². The number of carbonyl (C=O) groups excluding carboxylic acids is 2. The van der Waals surface area contributed by atoms with Crippen molar-refractivity contribution in [3.05, 3.63) is 58.7 Å². The van der Waals surface area contributed by atoms with Crippen molar-refractivity contribution in [3.8, 4) is 11.5 Å². The number of hydrazine groups is 2. The van der Waals surface area contributed by atoms with Crippen LogP contribution in [0.1, 0.15) is 29.2 Å². The third kappa shape index (κ3) is 6.88. The molecule has 0 aromatic heterocycles. The monoisotopic (exact) mass is 534 g/mol. The summed E-state index contributed by atoms with van der Waals surface area (Å²) >= 11 is 10.9. The van der Waals surface area contributed by atoms with Gasteiger partial charge in [-0.25, -0.2) is 0 Å². The molecule has 0 saturated carbocycles. The molecule has 194 valence electrons. The average molecular weight is 535 g/mol. The molecule has 2 amide bonds. The predicted molar refractivity (Wildman–Crippen MR) is 142 cm³/mol. The van der Waals surface area contributed by atoms with E-state index in [1.54, 1.807) is 36.4 Å². The molecule has 0 heterocycles. The molecule has 0 fully saturated rings. The van der Waals surface area contributed by atoms with Crippen LogP contribution in [0, 0.1) is 5.92 Å². The van der Waals surface area contributed by atoms with Crippen molar-refractivity contribution in [2.24, 2.45) is 5.92 Å². The zero-order chi connectivity index (χ0) is 27.0. The SMILES string of the molecule is COc1ccc(CO)c(C(=S)N(C)NC(=O)C(C)C(=O)NN(C)C(=S)c2cc(CO)ccc2OC)c1. The van der Waals surface area contributed by atoms with Gasteiger partial charge in [-0.05, 0) is 42.3 Å². The third-order valence-electron chi connectivity index (χ3n) is 5.35. The second-order valence-electron chi connectivity index (χ2n) is 7.78. The van der Waals surface area contributed by atoms with Gasteiger partial charge in [0, 0.05) is 19.7 Å². The normalized spacial score (nSPS) is 11.2. The molecule has 2 rings (SSSR count). The Morgan fingerprint density at radius 2 is 1.47 bits per heavy atom. The molecule has 0 aliphatic heterocycles. The number of nitrogens with one attached hydrogen (secondary N) is 2. The lowest BCUT2D eigenvalue weighted by atomic mass is 10.1. The van der Waals surface area contributed by atoms with Gasteiger partial charge < -0.3 is 19.7 Å². The van der Waals surface area contributed by atoms with Crippen LogP contribution in [0.25, 0.3) is 0 Å². The summed E-state index contributed by atoms with van der Waals surface area (Å²) < 4.78 is 10.5. The minimum Gasteiger partial charge on any atom is -0.497 e. The molecule has 0 radical (unpaired) electrons. The van der Waals surface area contributed by atoms with E-state index < -0.39 is 17.7 Å². The molecule has 12 heteroatoms. The van der Waals surface area contributed by atoms with E-state index in [1.165, 1.54) is 45.3 Å². The molecule has 0 bridgehead atoms. The number of benzene rings is 2. The topological polar surface area (TPSA) is 124 Å². The Balaban J connectivity index is 2.07. The molecule has 36 heavy (non-hydrogen) atoms. The lowest BCUT2D eigenvalue weighted by Crippen LogP contribution is -2.51. The van der Waals surface area contributed by atoms with E-state index in [9.17, 15) is 19.8 Å². The Morgan fingerprint density at radius 1 is 0.889 bits per heavy atom. The van der Waals surface area contributed by atoms with Crippen molar-refractivity contribution in [2.45, 2.75) is 20.1 Å². The molecule has 0 aliphatic carbocycles. The van der Waals surface area contributed by atoms with Crippen LogP contribution >= 0.6 is 24.4 Å². The van der Waals surface area contributed by atoms with Gasteiger partial charge in [0.25, 0.3) is 11.8 Å². The number of thiocarbonyl (C=S) groups is 2. The summed E-state index contributed by atoms with van der Waals surface area (Å²) in [6, 6.07) is 10.1. The number of hydrogen-bond acceptors (Lipinski definition) is 8. The van der Waals surface area contributed by atoms with Gasteiger partial charge in [-0.2, -0.15) is 0 Å². The van der Waals surface area contributed by atoms with Crippen LogP contribution in [0.5, 0.6) is 11.5 Å². The van der Waals surface area contributed by atoms with Crippen LogP contribution in [0.15, 0.2) is 36.4 Å². The quantitative estimate of drug-likeness (QED) is 0.224. The van der Waals surface area contributed by atoms with E-state index in [-0.39, 0.29) is 23.2 Å². The highest BCUT2D eigenvalue weighted by Gasteiger charge is 2.26. The first kappa shape index (κ1) is 28.9. The summed E-state index contributed by atoms with van der Waals surface area (Å²) in [6.07, 6.45) is 0. The van der Waals surface area contributed by atoms with E-state index in [0.717, 1.165) is 0 Å². The van der Waals surface area contributed by atoms with E-state index in [2.05, 4.69) is 10.9 Å². The molecule has 10 nitrogen and oxygen atoms in total. The Hall–Kier alpha value is -3.32. The lowest BCUT2D eigenvalue weighted by Gasteiger charge is -2.26. The van der Waals surface area contributed by atoms with E-state index >= 15 is 0 Å². The Bertz CT molecular complexity index is 1060. The smallest absolute Gasteiger partial charge is 0.250 e. The largest absolute Gasteiger partial charge is 0.497 e. The van der Waals surface area contributed by atoms with E-state index in [4.69, 9.17) is 33.9 Å². The highest BCUT2D eigenvalue weighted by atomic mass is 32.1. The maximum absolute atomic E-state index is 12.8. The van der Waals surface area contributed by atoms with Crippen molar-refractivity contribution in [1.82, 2.24) is 20.9 Å². The highest BCUT2D eigenvalue weighted by molar-refractivity contribution is 7.81. The second kappa shape index (κ2) is 13.1. The first-order chi connectivity index (χ1) is 17.1. The van der Waals surface area contributed by atoms with E-state index in [0.29, 0.717) is 33.8 Å². The number of carbonyl (C=O) groups is 2. The summed E-state index contributed by atoms with van der Waals surface area (Å²) in [5.74, 6) is -1.30. The number of hydrogen-bond donors (Lipinski definition) is 4. The first-order valence-corrected chi connectivity index (χ1v) is 11.6. The fraction of sp³-hybridized carbons (Fsp3) is 0.333. The first-order valence-electron chi connectivity index (χ1n) is 10.8. The molecule has 0 spiro atoms. The van der Waals surface area contributed by atoms with Crippen LogP contribution in [0.3, 0.4) is 0 Å². The van der Waals surface area contributed by atoms with Crippen molar-refractivity contribution in [1.29, 1.82) is 0 Å². The maximum atomic E-state index is 12.8. The number of aliphatic hydroxyl groups is 2. The number of aliphatic hydroxyl groups excluding tert-OH is 2. The van der Waals surface area contributed by atoms with Gasteiger partial charge >= 0.3 is 0 Å². The predicted octanol–water partition coefficient (Wildman–Crippen LogP) is 1.30. The number of amides is 2. The minimum absolute atomic E-state index is 0.183. The van der Waals surface area contributed by atoms with Gasteiger partial charge in [0.05, 0.1) is 33.0 Å². The molecule has 1 unspecified atom stereocenters. The Labute approximate surface area is 220 Å². The molecule has 1 atom stereocenters. The van der Waals surface area contributed by atoms with Gasteiger partial charge in [-0.1, -0.05) is 36.6 Å². The molecule has 2 aromatic rings. The van der Waals surface area contributed by atoms with Crippen molar-refractivity contribution in [3.63, 3.8) is 0 Å². The number of methoxy groups -OCH3 is 2. The molecule has 0 aliphatic rings. The summed E-state index contributed by atoms with van der Waals surface area (Å²) in [6.45, 7) is 1.01. The number of rotatable bonds is 8. The van der Waals surface area contributed by atoms with Gasteiger partial charge in [-0.15, -0.1) is 0 Å². The zero-order valence-corrected chi connectivity index (χ0v) is 22.3. The van der Waals surface area contributed by atoms with Crippen LogP contribution in [-0.2, 0) is 22.8 Å². The maximum Gasteiger partial charge on any atom is 0.250 e. The molecular weight excluding hydrogens is 504 g/mol. The Kier molecular flexibility index (Phi) is 10.5. The molecular formula is C24H30N4O6S2. The third-order valence-corrected chi connectivity index (χ3v) is 6.33. The van der Waals surface area contributed by atoms with Crippen LogP contribution < -0.4 is 20.3 Å².